The maximum atomic E-state index is 12.9. The van der Waals surface area contributed by atoms with E-state index in [9.17, 15) is 22.8 Å². The Kier molecular flexibility index (Phi) is 5.61. The molecule has 0 radical (unpaired) electrons. The number of rotatable bonds is 2. The molecule has 0 aromatic heterocycles. The van der Waals surface area contributed by atoms with E-state index in [1.54, 1.807) is 13.8 Å². The highest BCUT2D eigenvalue weighted by molar-refractivity contribution is 6.43. The van der Waals surface area contributed by atoms with Gasteiger partial charge in [0.1, 0.15) is 0 Å². The molecule has 4 nitrogen and oxygen atoms in total. The maximum Gasteiger partial charge on any atom is 0.417 e. The Morgan fingerprint density at radius 2 is 1.46 bits per heavy atom. The number of alkyl halides is 3. The van der Waals surface area contributed by atoms with Crippen LogP contribution in [0.15, 0.2) is 30.3 Å². The van der Waals surface area contributed by atoms with Crippen molar-refractivity contribution in [2.24, 2.45) is 0 Å². The first-order valence-electron chi connectivity index (χ1n) is 7.56. The molecule has 138 valence electrons. The monoisotopic (exact) mass is 384 g/mol. The summed E-state index contributed by atoms with van der Waals surface area (Å²) in [5.41, 5.74) is 1.76. The Morgan fingerprint density at radius 1 is 0.923 bits per heavy atom. The number of carbonyl (C=O) groups excluding carboxylic acids is 2. The number of hydrogen-bond donors (Lipinski definition) is 2. The summed E-state index contributed by atoms with van der Waals surface area (Å²) in [6.07, 6.45) is -4.67. The molecule has 2 amide bonds. The number of amides is 2. The molecule has 0 unspecified atom stereocenters. The fourth-order valence-electron chi connectivity index (χ4n) is 2.56. The Balaban J connectivity index is 2.17. The number of nitrogens with one attached hydrogen (secondary N) is 2. The smallest absolute Gasteiger partial charge is 0.318 e. The summed E-state index contributed by atoms with van der Waals surface area (Å²) in [5, 5.41) is 4.13. The largest absolute Gasteiger partial charge is 0.417 e. The lowest BCUT2D eigenvalue weighted by atomic mass is 10.1. The van der Waals surface area contributed by atoms with Gasteiger partial charge in [-0.15, -0.1) is 0 Å². The zero-order chi connectivity index (χ0) is 19.6. The Bertz CT molecular complexity index is 856. The second-order valence-corrected chi connectivity index (χ2v) is 6.28. The summed E-state index contributed by atoms with van der Waals surface area (Å²) in [5.74, 6) is -2.07. The van der Waals surface area contributed by atoms with Crippen molar-refractivity contribution in [3.8, 4) is 0 Å². The molecule has 0 aliphatic rings. The Labute approximate surface area is 153 Å². The molecule has 0 bridgehead atoms. The van der Waals surface area contributed by atoms with Gasteiger partial charge in [-0.1, -0.05) is 29.3 Å². The standard InChI is InChI=1S/C18H16ClF3N2O2/c1-9-6-10(2)15(11(3)7-9)24-17(26)16(25)23-12-4-5-14(19)13(8-12)18(20,21)22/h4-8H,1-3H3,(H,23,25)(H,24,26). The summed E-state index contributed by atoms with van der Waals surface area (Å²) in [4.78, 5) is 24.1. The molecule has 2 rings (SSSR count). The molecule has 0 saturated heterocycles. The van der Waals surface area contributed by atoms with Gasteiger partial charge in [0.2, 0.25) is 0 Å². The van der Waals surface area contributed by atoms with Crippen molar-refractivity contribution in [2.75, 3.05) is 10.6 Å². The van der Waals surface area contributed by atoms with E-state index >= 15 is 0 Å². The predicted molar refractivity (Wildman–Crippen MR) is 94.4 cm³/mol. The van der Waals surface area contributed by atoms with Gasteiger partial charge in [-0.25, -0.2) is 0 Å². The van der Waals surface area contributed by atoms with Crippen LogP contribution in [0.4, 0.5) is 24.5 Å². The summed E-state index contributed by atoms with van der Waals surface area (Å²) >= 11 is 5.52. The van der Waals surface area contributed by atoms with E-state index in [2.05, 4.69) is 10.6 Å². The average Bonchev–Trinajstić information content (AvgIpc) is 2.51. The molecular weight excluding hydrogens is 369 g/mol. The molecule has 0 heterocycles. The fraction of sp³-hybridized carbons (Fsp3) is 0.222. The molecule has 0 atom stereocenters. The van der Waals surface area contributed by atoms with E-state index in [-0.39, 0.29) is 5.69 Å². The minimum absolute atomic E-state index is 0.181. The van der Waals surface area contributed by atoms with Gasteiger partial charge in [0.25, 0.3) is 0 Å². The molecule has 0 aliphatic carbocycles. The minimum Gasteiger partial charge on any atom is -0.318 e. The van der Waals surface area contributed by atoms with Gasteiger partial charge in [-0.2, -0.15) is 13.2 Å². The minimum atomic E-state index is -4.67. The van der Waals surface area contributed by atoms with Crippen LogP contribution in [0.25, 0.3) is 0 Å². The summed E-state index contributed by atoms with van der Waals surface area (Å²) in [6, 6.07) is 6.55. The highest BCUT2D eigenvalue weighted by Crippen LogP contribution is 2.36. The van der Waals surface area contributed by atoms with Crippen molar-refractivity contribution in [3.05, 3.63) is 57.6 Å². The Hall–Kier alpha value is -2.54. The quantitative estimate of drug-likeness (QED) is 0.726. The second-order valence-electron chi connectivity index (χ2n) is 5.87. The van der Waals surface area contributed by atoms with Gasteiger partial charge in [-0.05, 0) is 50.1 Å². The third-order valence-corrected chi connectivity index (χ3v) is 3.98. The fourth-order valence-corrected chi connectivity index (χ4v) is 2.78. The number of anilines is 2. The van der Waals surface area contributed by atoms with Crippen LogP contribution in [-0.2, 0) is 15.8 Å². The number of benzene rings is 2. The molecule has 0 saturated carbocycles. The first-order chi connectivity index (χ1) is 12.0. The van der Waals surface area contributed by atoms with Gasteiger partial charge in [0.05, 0.1) is 10.6 Å². The first kappa shape index (κ1) is 19.8. The third kappa shape index (κ3) is 4.54. The molecule has 0 fully saturated rings. The number of aryl methyl sites for hydroxylation is 3. The van der Waals surface area contributed by atoms with E-state index in [0.29, 0.717) is 11.8 Å². The summed E-state index contributed by atoms with van der Waals surface area (Å²) in [7, 11) is 0. The van der Waals surface area contributed by atoms with Crippen molar-refractivity contribution in [2.45, 2.75) is 26.9 Å². The SMILES string of the molecule is Cc1cc(C)c(NC(=O)C(=O)Nc2ccc(Cl)c(C(F)(F)F)c2)c(C)c1. The lowest BCUT2D eigenvalue weighted by Gasteiger charge is -2.14. The lowest BCUT2D eigenvalue weighted by Crippen LogP contribution is -2.29. The molecule has 0 spiro atoms. The van der Waals surface area contributed by atoms with E-state index < -0.39 is 28.6 Å². The predicted octanol–water partition coefficient (Wildman–Crippen LogP) is 4.86. The van der Waals surface area contributed by atoms with Gasteiger partial charge in [0, 0.05) is 11.4 Å². The number of halogens is 4. The van der Waals surface area contributed by atoms with E-state index in [0.717, 1.165) is 22.8 Å². The van der Waals surface area contributed by atoms with Gasteiger partial charge < -0.3 is 10.6 Å². The summed E-state index contributed by atoms with van der Waals surface area (Å²) < 4.78 is 38.6. The number of carbonyl (C=O) groups is 2. The van der Waals surface area contributed by atoms with E-state index in [1.807, 2.05) is 19.1 Å². The first-order valence-corrected chi connectivity index (χ1v) is 7.93. The van der Waals surface area contributed by atoms with Crippen molar-refractivity contribution < 1.29 is 22.8 Å². The molecule has 26 heavy (non-hydrogen) atoms. The normalized spacial score (nSPS) is 11.2. The van der Waals surface area contributed by atoms with Crippen LogP contribution >= 0.6 is 11.6 Å². The van der Waals surface area contributed by atoms with Crippen LogP contribution in [0.5, 0.6) is 0 Å². The van der Waals surface area contributed by atoms with Gasteiger partial charge >= 0.3 is 18.0 Å². The topological polar surface area (TPSA) is 58.2 Å². The van der Waals surface area contributed by atoms with E-state index in [4.69, 9.17) is 11.6 Å². The summed E-state index contributed by atoms with van der Waals surface area (Å²) in [6.45, 7) is 5.46. The lowest BCUT2D eigenvalue weighted by molar-refractivity contribution is -0.137. The van der Waals surface area contributed by atoms with Crippen molar-refractivity contribution in [1.29, 1.82) is 0 Å². The molecule has 2 N–H and O–H groups in total. The highest BCUT2D eigenvalue weighted by atomic mass is 35.5. The molecule has 2 aromatic carbocycles. The van der Waals surface area contributed by atoms with Crippen LogP contribution in [0, 0.1) is 20.8 Å². The van der Waals surface area contributed by atoms with Gasteiger partial charge in [0.15, 0.2) is 0 Å². The van der Waals surface area contributed by atoms with Gasteiger partial charge in [-0.3, -0.25) is 9.59 Å². The zero-order valence-corrected chi connectivity index (χ0v) is 15.0. The van der Waals surface area contributed by atoms with Crippen molar-refractivity contribution in [1.82, 2.24) is 0 Å². The van der Waals surface area contributed by atoms with Crippen LogP contribution in [0.3, 0.4) is 0 Å². The molecule has 8 heteroatoms. The van der Waals surface area contributed by atoms with Crippen molar-refractivity contribution in [3.63, 3.8) is 0 Å². The average molecular weight is 385 g/mol. The maximum absolute atomic E-state index is 12.9. The van der Waals surface area contributed by atoms with E-state index in [1.165, 1.54) is 6.07 Å². The second kappa shape index (κ2) is 7.37. The number of hydrogen-bond acceptors (Lipinski definition) is 2. The van der Waals surface area contributed by atoms with Crippen molar-refractivity contribution >= 4 is 34.8 Å². The zero-order valence-electron chi connectivity index (χ0n) is 14.2. The van der Waals surface area contributed by atoms with Crippen LogP contribution in [0.2, 0.25) is 5.02 Å². The third-order valence-electron chi connectivity index (χ3n) is 3.65. The molecule has 2 aromatic rings. The molecule has 0 aliphatic heterocycles. The highest BCUT2D eigenvalue weighted by Gasteiger charge is 2.33. The van der Waals surface area contributed by atoms with Crippen LogP contribution in [-0.4, -0.2) is 11.8 Å². The molecular formula is C18H16ClF3N2O2. The van der Waals surface area contributed by atoms with Crippen LogP contribution in [0.1, 0.15) is 22.3 Å². The van der Waals surface area contributed by atoms with Crippen LogP contribution < -0.4 is 10.6 Å². The Morgan fingerprint density at radius 3 is 2.00 bits per heavy atom.